The van der Waals surface area contributed by atoms with Crippen LogP contribution >= 0.6 is 0 Å². The topological polar surface area (TPSA) is 57.6 Å². The highest BCUT2D eigenvalue weighted by atomic mass is 32.2. The zero-order valence-electron chi connectivity index (χ0n) is 11.0. The summed E-state index contributed by atoms with van der Waals surface area (Å²) in [6, 6.07) is 3.23. The van der Waals surface area contributed by atoms with E-state index in [1.807, 2.05) is 0 Å². The van der Waals surface area contributed by atoms with Gasteiger partial charge in [-0.2, -0.15) is 4.31 Å². The minimum atomic E-state index is -3.95. The molecule has 1 N–H and O–H groups in total. The first kappa shape index (κ1) is 15.8. The Kier molecular flexibility index (Phi) is 5.22. The molecule has 1 aromatic rings. The largest absolute Gasteiger partial charge is 0.392 e. The number of hydrogen-bond donors (Lipinski definition) is 1. The molecule has 6 heteroatoms. The number of rotatable bonds is 6. The fourth-order valence-electron chi connectivity index (χ4n) is 1.68. The molecule has 1 rings (SSSR count). The van der Waals surface area contributed by atoms with Crippen LogP contribution in [0.25, 0.3) is 0 Å². The molecule has 1 aromatic carbocycles. The SMILES string of the molecule is C=CCN(C(C)C)S(=O)(=O)c1cc(CO)ccc1F. The molecule has 0 aliphatic heterocycles. The summed E-state index contributed by atoms with van der Waals surface area (Å²) in [6.45, 7) is 6.67. The molecule has 0 heterocycles. The second kappa shape index (κ2) is 6.27. The van der Waals surface area contributed by atoms with Gasteiger partial charge in [-0.05, 0) is 31.5 Å². The van der Waals surface area contributed by atoms with Crippen LogP contribution in [0.1, 0.15) is 19.4 Å². The maximum atomic E-state index is 13.8. The lowest BCUT2D eigenvalue weighted by molar-refractivity contribution is 0.281. The van der Waals surface area contributed by atoms with Crippen LogP contribution in [0.3, 0.4) is 0 Å². The van der Waals surface area contributed by atoms with Crippen LogP contribution in [0.4, 0.5) is 4.39 Å². The Hall–Kier alpha value is -1.24. The van der Waals surface area contributed by atoms with E-state index in [0.717, 1.165) is 16.4 Å². The number of aliphatic hydroxyl groups is 1. The molecular weight excluding hydrogens is 269 g/mol. The summed E-state index contributed by atoms with van der Waals surface area (Å²) in [5, 5.41) is 9.02. The van der Waals surface area contributed by atoms with Crippen molar-refractivity contribution in [2.75, 3.05) is 6.54 Å². The molecule has 106 valence electrons. The molecule has 0 saturated carbocycles. The van der Waals surface area contributed by atoms with Gasteiger partial charge in [-0.1, -0.05) is 12.1 Å². The van der Waals surface area contributed by atoms with Gasteiger partial charge in [-0.25, -0.2) is 12.8 Å². The average molecular weight is 287 g/mol. The fraction of sp³-hybridized carbons (Fsp3) is 0.385. The van der Waals surface area contributed by atoms with Crippen LogP contribution in [-0.4, -0.2) is 30.4 Å². The molecule has 0 aliphatic carbocycles. The number of benzene rings is 1. The summed E-state index contributed by atoms with van der Waals surface area (Å²) < 4.78 is 39.7. The normalized spacial score (nSPS) is 12.1. The lowest BCUT2D eigenvalue weighted by atomic mass is 10.2. The molecule has 0 radical (unpaired) electrons. The van der Waals surface area contributed by atoms with E-state index in [4.69, 9.17) is 5.11 Å². The van der Waals surface area contributed by atoms with Crippen molar-refractivity contribution in [3.63, 3.8) is 0 Å². The van der Waals surface area contributed by atoms with E-state index in [-0.39, 0.29) is 19.2 Å². The van der Waals surface area contributed by atoms with Crippen LogP contribution < -0.4 is 0 Å². The van der Waals surface area contributed by atoms with Gasteiger partial charge in [-0.15, -0.1) is 6.58 Å². The summed E-state index contributed by atoms with van der Waals surface area (Å²) in [5.74, 6) is -0.827. The highest BCUT2D eigenvalue weighted by Crippen LogP contribution is 2.22. The molecule has 0 spiro atoms. The fourth-order valence-corrected chi connectivity index (χ4v) is 3.41. The van der Waals surface area contributed by atoms with Crippen molar-refractivity contribution in [3.8, 4) is 0 Å². The van der Waals surface area contributed by atoms with Gasteiger partial charge in [0.15, 0.2) is 0 Å². The first-order valence-electron chi connectivity index (χ1n) is 5.86. The van der Waals surface area contributed by atoms with Gasteiger partial charge in [0, 0.05) is 12.6 Å². The average Bonchev–Trinajstić information content (AvgIpc) is 2.35. The van der Waals surface area contributed by atoms with Gasteiger partial charge in [-0.3, -0.25) is 0 Å². The first-order chi connectivity index (χ1) is 8.84. The van der Waals surface area contributed by atoms with E-state index in [0.29, 0.717) is 5.56 Å². The number of halogens is 1. The van der Waals surface area contributed by atoms with Gasteiger partial charge in [0.2, 0.25) is 10.0 Å². The van der Waals surface area contributed by atoms with E-state index in [1.54, 1.807) is 13.8 Å². The van der Waals surface area contributed by atoms with Crippen molar-refractivity contribution >= 4 is 10.0 Å². The van der Waals surface area contributed by atoms with Crippen molar-refractivity contribution in [1.82, 2.24) is 4.31 Å². The predicted octanol–water partition coefficient (Wildman–Crippen LogP) is 1.90. The summed E-state index contributed by atoms with van der Waals surface area (Å²) in [6.07, 6.45) is 1.45. The summed E-state index contributed by atoms with van der Waals surface area (Å²) in [4.78, 5) is -0.422. The van der Waals surface area contributed by atoms with Crippen molar-refractivity contribution in [1.29, 1.82) is 0 Å². The zero-order chi connectivity index (χ0) is 14.6. The second-order valence-corrected chi connectivity index (χ2v) is 6.24. The minimum Gasteiger partial charge on any atom is -0.392 e. The molecule has 0 aliphatic rings. The lowest BCUT2D eigenvalue weighted by Gasteiger charge is -2.24. The Bertz CT molecular complexity index is 555. The number of hydrogen-bond acceptors (Lipinski definition) is 3. The monoisotopic (exact) mass is 287 g/mol. The van der Waals surface area contributed by atoms with Crippen LogP contribution in [0.15, 0.2) is 35.7 Å². The predicted molar refractivity (Wildman–Crippen MR) is 71.5 cm³/mol. The van der Waals surface area contributed by atoms with Gasteiger partial charge in [0.1, 0.15) is 10.7 Å². The Labute approximate surface area is 113 Å². The third kappa shape index (κ3) is 3.40. The maximum Gasteiger partial charge on any atom is 0.246 e. The Morgan fingerprint density at radius 2 is 2.11 bits per heavy atom. The van der Waals surface area contributed by atoms with Crippen molar-refractivity contribution in [3.05, 3.63) is 42.2 Å². The third-order valence-corrected chi connectivity index (χ3v) is 4.71. The number of nitrogens with zero attached hydrogens (tertiary/aromatic N) is 1. The van der Waals surface area contributed by atoms with Crippen molar-refractivity contribution in [2.45, 2.75) is 31.4 Å². The molecule has 0 atom stereocenters. The molecular formula is C13H18FNO3S. The van der Waals surface area contributed by atoms with Crippen molar-refractivity contribution < 1.29 is 17.9 Å². The Morgan fingerprint density at radius 1 is 1.47 bits per heavy atom. The van der Waals surface area contributed by atoms with E-state index in [9.17, 15) is 12.8 Å². The molecule has 0 unspecified atom stereocenters. The summed E-state index contributed by atoms with van der Waals surface area (Å²) in [5.41, 5.74) is 0.349. The quantitative estimate of drug-likeness (QED) is 0.813. The molecule has 0 aromatic heterocycles. The van der Waals surface area contributed by atoms with Crippen molar-refractivity contribution in [2.24, 2.45) is 0 Å². The number of sulfonamides is 1. The standard InChI is InChI=1S/C13H18FNO3S/c1-4-7-15(10(2)3)19(17,18)13-8-11(9-16)5-6-12(13)14/h4-6,8,10,16H,1,7,9H2,2-3H3. The van der Waals surface area contributed by atoms with Gasteiger partial charge >= 0.3 is 0 Å². The lowest BCUT2D eigenvalue weighted by Crippen LogP contribution is -2.37. The highest BCUT2D eigenvalue weighted by Gasteiger charge is 2.28. The van der Waals surface area contributed by atoms with Gasteiger partial charge in [0.25, 0.3) is 0 Å². The maximum absolute atomic E-state index is 13.8. The number of aliphatic hydroxyl groups excluding tert-OH is 1. The zero-order valence-corrected chi connectivity index (χ0v) is 11.8. The van der Waals surface area contributed by atoms with Gasteiger partial charge in [0.05, 0.1) is 6.61 Å². The van der Waals surface area contributed by atoms with Crippen LogP contribution in [0, 0.1) is 5.82 Å². The second-order valence-electron chi connectivity index (χ2n) is 4.38. The highest BCUT2D eigenvalue weighted by molar-refractivity contribution is 7.89. The van der Waals surface area contributed by atoms with Gasteiger partial charge < -0.3 is 5.11 Å². The molecule has 0 bridgehead atoms. The molecule has 0 fully saturated rings. The van der Waals surface area contributed by atoms with E-state index in [1.165, 1.54) is 12.1 Å². The van der Waals surface area contributed by atoms with Crippen LogP contribution in [0.2, 0.25) is 0 Å². The molecule has 19 heavy (non-hydrogen) atoms. The smallest absolute Gasteiger partial charge is 0.246 e. The van der Waals surface area contributed by atoms with E-state index >= 15 is 0 Å². The first-order valence-corrected chi connectivity index (χ1v) is 7.30. The molecule has 0 amide bonds. The van der Waals surface area contributed by atoms with E-state index < -0.39 is 20.7 Å². The minimum absolute atomic E-state index is 0.1000. The Morgan fingerprint density at radius 3 is 2.58 bits per heavy atom. The molecule has 0 saturated heterocycles. The third-order valence-electron chi connectivity index (χ3n) is 2.65. The Balaban J connectivity index is 3.36. The van der Waals surface area contributed by atoms with Crippen LogP contribution in [0.5, 0.6) is 0 Å². The van der Waals surface area contributed by atoms with E-state index in [2.05, 4.69) is 6.58 Å². The summed E-state index contributed by atoms with van der Waals surface area (Å²) >= 11 is 0. The summed E-state index contributed by atoms with van der Waals surface area (Å²) in [7, 11) is -3.95. The molecule has 4 nitrogen and oxygen atoms in total. The van der Waals surface area contributed by atoms with Crippen LogP contribution in [-0.2, 0) is 16.6 Å².